The van der Waals surface area contributed by atoms with Gasteiger partial charge in [-0.1, -0.05) is 44.2 Å². The highest BCUT2D eigenvalue weighted by molar-refractivity contribution is 7.98. The molecule has 0 aliphatic heterocycles. The number of nitrogens with zero attached hydrogens (tertiary/aromatic N) is 1. The number of carbonyl (C=O) groups is 1. The highest BCUT2D eigenvalue weighted by Gasteiger charge is 2.20. The first-order chi connectivity index (χ1) is 12.6. The molecule has 3 rings (SSSR count). The van der Waals surface area contributed by atoms with Crippen LogP contribution in [0, 0.1) is 0 Å². The number of hydrogen-bond donors (Lipinski definition) is 1. The van der Waals surface area contributed by atoms with Gasteiger partial charge >= 0.3 is 0 Å². The largest absolute Gasteiger partial charge is 0.340 e. The van der Waals surface area contributed by atoms with E-state index in [9.17, 15) is 4.79 Å². The molecule has 1 atom stereocenters. The van der Waals surface area contributed by atoms with Crippen molar-refractivity contribution < 1.29 is 4.79 Å². The van der Waals surface area contributed by atoms with Gasteiger partial charge in [0.05, 0.1) is 11.6 Å². The molecular formula is C21H22N2OS2. The van der Waals surface area contributed by atoms with Crippen LogP contribution in [0.15, 0.2) is 65.1 Å². The van der Waals surface area contributed by atoms with Crippen LogP contribution in [-0.2, 0) is 0 Å². The third-order valence-corrected chi connectivity index (χ3v) is 5.90. The molecule has 26 heavy (non-hydrogen) atoms. The molecule has 0 saturated heterocycles. The molecule has 3 aromatic rings. The monoisotopic (exact) mass is 382 g/mol. The summed E-state index contributed by atoms with van der Waals surface area (Å²) in [5.41, 5.74) is 2.99. The van der Waals surface area contributed by atoms with Gasteiger partial charge in [0, 0.05) is 11.1 Å². The van der Waals surface area contributed by atoms with Crippen molar-refractivity contribution in [3.8, 4) is 0 Å². The van der Waals surface area contributed by atoms with Crippen molar-refractivity contribution in [3.05, 3.63) is 81.7 Å². The summed E-state index contributed by atoms with van der Waals surface area (Å²) in [7, 11) is 0. The van der Waals surface area contributed by atoms with Crippen molar-refractivity contribution in [2.75, 3.05) is 6.26 Å². The SMILES string of the molecule is CSc1ncccc1C(=O)NC(c1ccc(C(C)C)cc1)c1cccs1. The molecule has 2 heterocycles. The van der Waals surface area contributed by atoms with Crippen molar-refractivity contribution in [1.82, 2.24) is 10.3 Å². The average Bonchev–Trinajstić information content (AvgIpc) is 3.20. The van der Waals surface area contributed by atoms with Gasteiger partial charge < -0.3 is 5.32 Å². The number of pyridine rings is 1. The van der Waals surface area contributed by atoms with Crippen LogP contribution in [-0.4, -0.2) is 17.1 Å². The van der Waals surface area contributed by atoms with Crippen molar-refractivity contribution >= 4 is 29.0 Å². The van der Waals surface area contributed by atoms with Crippen LogP contribution in [0.4, 0.5) is 0 Å². The van der Waals surface area contributed by atoms with Crippen LogP contribution >= 0.6 is 23.1 Å². The predicted molar refractivity (Wildman–Crippen MR) is 110 cm³/mol. The van der Waals surface area contributed by atoms with Crippen molar-refractivity contribution in [3.63, 3.8) is 0 Å². The lowest BCUT2D eigenvalue weighted by Gasteiger charge is -2.19. The summed E-state index contributed by atoms with van der Waals surface area (Å²) in [5, 5.41) is 5.97. The van der Waals surface area contributed by atoms with Crippen LogP contribution in [0.2, 0.25) is 0 Å². The van der Waals surface area contributed by atoms with Crippen LogP contribution < -0.4 is 5.32 Å². The number of thioether (sulfide) groups is 1. The summed E-state index contributed by atoms with van der Waals surface area (Å²) in [6.45, 7) is 4.36. The number of benzene rings is 1. The first-order valence-electron chi connectivity index (χ1n) is 8.53. The molecular weight excluding hydrogens is 360 g/mol. The lowest BCUT2D eigenvalue weighted by Crippen LogP contribution is -2.29. The minimum Gasteiger partial charge on any atom is -0.340 e. The minimum atomic E-state index is -0.168. The summed E-state index contributed by atoms with van der Waals surface area (Å²) >= 11 is 3.13. The van der Waals surface area contributed by atoms with Gasteiger partial charge in [-0.25, -0.2) is 4.98 Å². The molecule has 2 aromatic heterocycles. The number of hydrogen-bond acceptors (Lipinski definition) is 4. The number of thiophene rings is 1. The van der Waals surface area contributed by atoms with E-state index in [1.54, 1.807) is 23.6 Å². The molecule has 5 heteroatoms. The Morgan fingerprint density at radius 2 is 1.81 bits per heavy atom. The number of rotatable bonds is 6. The van der Waals surface area contributed by atoms with E-state index in [1.165, 1.54) is 17.3 Å². The molecule has 134 valence electrons. The first kappa shape index (κ1) is 18.7. The molecule has 0 aliphatic rings. The highest BCUT2D eigenvalue weighted by atomic mass is 32.2. The Morgan fingerprint density at radius 1 is 1.08 bits per heavy atom. The van der Waals surface area contributed by atoms with Gasteiger partial charge in [-0.2, -0.15) is 0 Å². The second-order valence-corrected chi connectivity index (χ2v) is 8.08. The van der Waals surface area contributed by atoms with E-state index >= 15 is 0 Å². The Bertz CT molecular complexity index is 858. The Hall–Kier alpha value is -2.11. The van der Waals surface area contributed by atoms with Crippen LogP contribution in [0.1, 0.15) is 52.2 Å². The topological polar surface area (TPSA) is 42.0 Å². The van der Waals surface area contributed by atoms with Crippen molar-refractivity contribution in [1.29, 1.82) is 0 Å². The molecule has 3 nitrogen and oxygen atoms in total. The zero-order valence-electron chi connectivity index (χ0n) is 15.1. The molecule has 1 aromatic carbocycles. The summed E-state index contributed by atoms with van der Waals surface area (Å²) < 4.78 is 0. The minimum absolute atomic E-state index is 0.103. The van der Waals surface area contributed by atoms with Gasteiger partial charge in [-0.05, 0) is 46.9 Å². The number of carbonyl (C=O) groups excluding carboxylic acids is 1. The van der Waals surface area contributed by atoms with Crippen LogP contribution in [0.5, 0.6) is 0 Å². The lowest BCUT2D eigenvalue weighted by atomic mass is 9.98. The van der Waals surface area contributed by atoms with Gasteiger partial charge in [0.1, 0.15) is 5.03 Å². The van der Waals surface area contributed by atoms with E-state index in [0.29, 0.717) is 11.5 Å². The van der Waals surface area contributed by atoms with Gasteiger partial charge in [0.15, 0.2) is 0 Å². The Labute approximate surface area is 162 Å². The molecule has 1 amide bonds. The number of amides is 1. The molecule has 0 fully saturated rings. The second-order valence-electron chi connectivity index (χ2n) is 6.30. The fourth-order valence-electron chi connectivity index (χ4n) is 2.78. The van der Waals surface area contributed by atoms with E-state index < -0.39 is 0 Å². The number of aromatic nitrogens is 1. The molecule has 0 bridgehead atoms. The summed E-state index contributed by atoms with van der Waals surface area (Å²) in [6, 6.07) is 16.0. The Kier molecular flexibility index (Phi) is 6.12. The highest BCUT2D eigenvalue weighted by Crippen LogP contribution is 2.28. The lowest BCUT2D eigenvalue weighted by molar-refractivity contribution is 0.0940. The van der Waals surface area contributed by atoms with Gasteiger partial charge in [0.2, 0.25) is 0 Å². The fourth-order valence-corrected chi connectivity index (χ4v) is 4.13. The van der Waals surface area contributed by atoms with Crippen LogP contribution in [0.3, 0.4) is 0 Å². The normalized spacial score (nSPS) is 12.2. The maximum absolute atomic E-state index is 12.9. The molecule has 0 spiro atoms. The summed E-state index contributed by atoms with van der Waals surface area (Å²) in [6.07, 6.45) is 3.64. The Morgan fingerprint density at radius 3 is 2.42 bits per heavy atom. The average molecular weight is 383 g/mol. The fraction of sp³-hybridized carbons (Fsp3) is 0.238. The number of nitrogens with one attached hydrogen (secondary N) is 1. The van der Waals surface area contributed by atoms with E-state index in [4.69, 9.17) is 0 Å². The summed E-state index contributed by atoms with van der Waals surface area (Å²) in [5.74, 6) is 0.382. The van der Waals surface area contributed by atoms with E-state index in [1.807, 2.05) is 23.8 Å². The van der Waals surface area contributed by atoms with Crippen molar-refractivity contribution in [2.24, 2.45) is 0 Å². The maximum atomic E-state index is 12.9. The third kappa shape index (κ3) is 4.17. The van der Waals surface area contributed by atoms with Gasteiger partial charge in [-0.15, -0.1) is 23.1 Å². The summed E-state index contributed by atoms with van der Waals surface area (Å²) in [4.78, 5) is 18.3. The predicted octanol–water partition coefficient (Wildman–Crippen LogP) is 5.51. The van der Waals surface area contributed by atoms with Gasteiger partial charge in [-0.3, -0.25) is 4.79 Å². The van der Waals surface area contributed by atoms with E-state index in [0.717, 1.165) is 15.5 Å². The van der Waals surface area contributed by atoms with Gasteiger partial charge in [0.25, 0.3) is 5.91 Å². The maximum Gasteiger partial charge on any atom is 0.254 e. The van der Waals surface area contributed by atoms with E-state index in [2.05, 4.69) is 54.5 Å². The molecule has 1 N–H and O–H groups in total. The van der Waals surface area contributed by atoms with E-state index in [-0.39, 0.29) is 11.9 Å². The second kappa shape index (κ2) is 8.52. The van der Waals surface area contributed by atoms with Crippen molar-refractivity contribution in [2.45, 2.75) is 30.8 Å². The molecule has 0 aliphatic carbocycles. The molecule has 0 saturated carbocycles. The quantitative estimate of drug-likeness (QED) is 0.572. The van der Waals surface area contributed by atoms with Crippen LogP contribution in [0.25, 0.3) is 0 Å². The third-order valence-electron chi connectivity index (χ3n) is 4.25. The zero-order valence-corrected chi connectivity index (χ0v) is 16.7. The smallest absolute Gasteiger partial charge is 0.254 e. The molecule has 1 unspecified atom stereocenters. The molecule has 0 radical (unpaired) electrons. The standard InChI is InChI=1S/C21H22N2OS2/c1-14(2)15-8-10-16(11-9-15)19(18-7-5-13-26-18)23-20(24)17-6-4-12-22-21(17)25-3/h4-14,19H,1-3H3,(H,23,24). The zero-order chi connectivity index (χ0) is 18.5. The Balaban J connectivity index is 1.91. The first-order valence-corrected chi connectivity index (χ1v) is 10.6.